The molecule has 2 aliphatic rings. The highest BCUT2D eigenvalue weighted by molar-refractivity contribution is 5.26. The van der Waals surface area contributed by atoms with Gasteiger partial charge in [0.2, 0.25) is 5.72 Å². The lowest BCUT2D eigenvalue weighted by Crippen LogP contribution is -2.63. The van der Waals surface area contributed by atoms with Crippen LogP contribution in [0.1, 0.15) is 11.1 Å². The summed E-state index contributed by atoms with van der Waals surface area (Å²) in [5, 5.41) is 10.5. The van der Waals surface area contributed by atoms with Crippen LogP contribution >= 0.6 is 0 Å². The quantitative estimate of drug-likeness (QED) is 0.798. The number of hydrogen-bond donors (Lipinski definition) is 2. The molecule has 0 bridgehead atoms. The molecule has 2 aliphatic heterocycles. The van der Waals surface area contributed by atoms with Crippen molar-refractivity contribution in [1.82, 2.24) is 9.55 Å². The Labute approximate surface area is 149 Å². The smallest absolute Gasteiger partial charge is 0.330 e. The molecule has 0 radical (unpaired) electrons. The van der Waals surface area contributed by atoms with Gasteiger partial charge >= 0.3 is 5.69 Å². The molecule has 8 nitrogen and oxygen atoms in total. The number of aliphatic hydroxyl groups excluding tert-OH is 1. The van der Waals surface area contributed by atoms with Gasteiger partial charge in [0.25, 0.3) is 5.56 Å². The second kappa shape index (κ2) is 6.08. The van der Waals surface area contributed by atoms with Crippen LogP contribution in [0.15, 0.2) is 40.1 Å². The van der Waals surface area contributed by atoms with Crippen molar-refractivity contribution in [2.45, 2.75) is 37.9 Å². The van der Waals surface area contributed by atoms with E-state index in [1.165, 1.54) is 10.8 Å². The number of aliphatic hydroxyl groups is 1. The average Bonchev–Trinajstić information content (AvgIpc) is 2.77. The van der Waals surface area contributed by atoms with Gasteiger partial charge in [0, 0.05) is 11.8 Å². The number of aromatic amines is 1. The monoisotopic (exact) mass is 360 g/mol. The molecule has 4 rings (SSSR count). The third-order valence-electron chi connectivity index (χ3n) is 4.92. The molecule has 2 aromatic rings. The summed E-state index contributed by atoms with van der Waals surface area (Å²) in [5.41, 5.74) is -0.680. The van der Waals surface area contributed by atoms with E-state index in [1.807, 2.05) is 31.2 Å². The number of ether oxygens (including phenoxy) is 3. The molecule has 0 saturated carbocycles. The van der Waals surface area contributed by atoms with Crippen LogP contribution in [0.25, 0.3) is 0 Å². The number of rotatable bonds is 4. The van der Waals surface area contributed by atoms with E-state index in [2.05, 4.69) is 4.98 Å². The number of nitrogens with one attached hydrogen (secondary N) is 1. The summed E-state index contributed by atoms with van der Waals surface area (Å²) in [6, 6.07) is 7.54. The van der Waals surface area contributed by atoms with Gasteiger partial charge in [-0.25, -0.2) is 4.79 Å². The lowest BCUT2D eigenvalue weighted by molar-refractivity contribution is -0.278. The molecule has 0 unspecified atom stereocenters. The summed E-state index contributed by atoms with van der Waals surface area (Å²) >= 11 is 0. The molecule has 2 fully saturated rings. The molecule has 4 atom stereocenters. The zero-order chi connectivity index (χ0) is 18.5. The first-order valence-corrected chi connectivity index (χ1v) is 8.41. The number of aryl methyl sites for hydroxylation is 2. The molecule has 26 heavy (non-hydrogen) atoms. The van der Waals surface area contributed by atoms with Crippen molar-refractivity contribution in [2.75, 3.05) is 13.2 Å². The fraction of sp³-hybridized carbons (Fsp3) is 0.444. The second-order valence-corrected chi connectivity index (χ2v) is 6.79. The highest BCUT2D eigenvalue weighted by Gasteiger charge is 2.64. The van der Waals surface area contributed by atoms with E-state index in [0.29, 0.717) is 11.3 Å². The molecule has 1 aromatic carbocycles. The number of aromatic nitrogens is 2. The van der Waals surface area contributed by atoms with Crippen molar-refractivity contribution < 1.29 is 19.3 Å². The van der Waals surface area contributed by atoms with Crippen LogP contribution in [0.3, 0.4) is 0 Å². The fourth-order valence-corrected chi connectivity index (χ4v) is 3.37. The number of nitrogens with zero attached hydrogens (tertiary/aromatic N) is 1. The van der Waals surface area contributed by atoms with E-state index in [-0.39, 0.29) is 13.2 Å². The van der Waals surface area contributed by atoms with Gasteiger partial charge in [-0.2, -0.15) is 0 Å². The van der Waals surface area contributed by atoms with E-state index < -0.39 is 35.3 Å². The van der Waals surface area contributed by atoms with Crippen molar-refractivity contribution in [3.8, 4) is 5.75 Å². The molecule has 138 valence electrons. The van der Waals surface area contributed by atoms with Crippen LogP contribution in [0.2, 0.25) is 0 Å². The van der Waals surface area contributed by atoms with Gasteiger partial charge in [0.05, 0.1) is 6.61 Å². The van der Waals surface area contributed by atoms with Crippen LogP contribution in [-0.4, -0.2) is 46.2 Å². The largest absolute Gasteiger partial charge is 0.491 e. The Morgan fingerprint density at radius 2 is 2.04 bits per heavy atom. The summed E-state index contributed by atoms with van der Waals surface area (Å²) in [5.74, 6) is 0.665. The third-order valence-corrected chi connectivity index (χ3v) is 4.92. The molecule has 2 N–H and O–H groups in total. The zero-order valence-electron chi connectivity index (χ0n) is 14.5. The lowest BCUT2D eigenvalue weighted by Gasteiger charge is -2.44. The molecular weight excluding hydrogens is 340 g/mol. The first-order chi connectivity index (χ1) is 12.4. The highest BCUT2D eigenvalue weighted by Crippen LogP contribution is 2.44. The van der Waals surface area contributed by atoms with Crippen molar-refractivity contribution in [1.29, 1.82) is 0 Å². The SMILES string of the molecule is Cc1ccc(OC[C@H]2O[C@]3(n4cc(C)c(=O)[nH]c4=O)CO[C@@H]3[C@@H]2O)cc1. The van der Waals surface area contributed by atoms with Gasteiger partial charge in [-0.15, -0.1) is 0 Å². The van der Waals surface area contributed by atoms with Crippen molar-refractivity contribution in [3.63, 3.8) is 0 Å². The Kier molecular flexibility index (Phi) is 3.98. The van der Waals surface area contributed by atoms with Crippen molar-refractivity contribution >= 4 is 0 Å². The Morgan fingerprint density at radius 3 is 2.69 bits per heavy atom. The molecule has 1 aromatic heterocycles. The lowest BCUT2D eigenvalue weighted by atomic mass is 9.97. The minimum absolute atomic E-state index is 0.112. The predicted molar refractivity (Wildman–Crippen MR) is 91.3 cm³/mol. The topological polar surface area (TPSA) is 103 Å². The minimum Gasteiger partial charge on any atom is -0.491 e. The van der Waals surface area contributed by atoms with Crippen LogP contribution < -0.4 is 16.0 Å². The maximum absolute atomic E-state index is 12.2. The van der Waals surface area contributed by atoms with Crippen LogP contribution in [-0.2, 0) is 15.2 Å². The third kappa shape index (κ3) is 2.57. The van der Waals surface area contributed by atoms with E-state index in [4.69, 9.17) is 14.2 Å². The van der Waals surface area contributed by atoms with E-state index in [9.17, 15) is 14.7 Å². The average molecular weight is 360 g/mol. The molecular formula is C18H20N2O6. The summed E-state index contributed by atoms with van der Waals surface area (Å²) in [6.45, 7) is 3.81. The normalized spacial score (nSPS) is 29.9. The Balaban J connectivity index is 1.56. The van der Waals surface area contributed by atoms with Gasteiger partial charge in [-0.05, 0) is 26.0 Å². The summed E-state index contributed by atoms with van der Waals surface area (Å²) in [4.78, 5) is 26.1. The number of benzene rings is 1. The standard InChI is InChI=1S/C18H20N2O6/c1-10-3-5-12(6-4-10)24-8-13-14(21)15-18(26-13,9-25-15)20-7-11(2)16(22)19-17(20)23/h3-7,13-15,21H,8-9H2,1-2H3,(H,19,22,23)/t13-,14-,15-,18-/m1/s1. The molecule has 0 amide bonds. The first-order valence-electron chi connectivity index (χ1n) is 8.41. The molecule has 0 aliphatic carbocycles. The second-order valence-electron chi connectivity index (χ2n) is 6.79. The highest BCUT2D eigenvalue weighted by atomic mass is 16.7. The van der Waals surface area contributed by atoms with Crippen LogP contribution in [0.4, 0.5) is 0 Å². The predicted octanol–water partition coefficient (Wildman–Crippen LogP) is 0.0437. The fourth-order valence-electron chi connectivity index (χ4n) is 3.37. The summed E-state index contributed by atoms with van der Waals surface area (Å²) < 4.78 is 18.5. The first kappa shape index (κ1) is 17.0. The Bertz CT molecular complexity index is 934. The minimum atomic E-state index is -1.13. The molecule has 0 spiro atoms. The molecule has 3 heterocycles. The Morgan fingerprint density at radius 1 is 1.31 bits per heavy atom. The van der Waals surface area contributed by atoms with Crippen molar-refractivity contribution in [2.24, 2.45) is 0 Å². The number of H-pyrrole nitrogens is 1. The van der Waals surface area contributed by atoms with Gasteiger partial charge in [-0.3, -0.25) is 14.3 Å². The Hall–Kier alpha value is -2.42. The van der Waals surface area contributed by atoms with Gasteiger partial charge in [0.15, 0.2) is 0 Å². The van der Waals surface area contributed by atoms with Crippen LogP contribution in [0, 0.1) is 13.8 Å². The van der Waals surface area contributed by atoms with E-state index in [0.717, 1.165) is 5.56 Å². The van der Waals surface area contributed by atoms with Gasteiger partial charge in [-0.1, -0.05) is 17.7 Å². The summed E-state index contributed by atoms with van der Waals surface area (Å²) in [7, 11) is 0. The van der Waals surface area contributed by atoms with Gasteiger partial charge < -0.3 is 19.3 Å². The van der Waals surface area contributed by atoms with Crippen LogP contribution in [0.5, 0.6) is 5.75 Å². The maximum atomic E-state index is 12.2. The van der Waals surface area contributed by atoms with Crippen molar-refractivity contribution in [3.05, 3.63) is 62.4 Å². The maximum Gasteiger partial charge on any atom is 0.330 e. The molecule has 2 saturated heterocycles. The summed E-state index contributed by atoms with van der Waals surface area (Å²) in [6.07, 6.45) is -0.875. The van der Waals surface area contributed by atoms with Gasteiger partial charge in [0.1, 0.15) is 30.7 Å². The number of fused-ring (bicyclic) bond motifs is 1. The molecule has 8 heteroatoms. The zero-order valence-corrected chi connectivity index (χ0v) is 14.5. The van der Waals surface area contributed by atoms with E-state index >= 15 is 0 Å². The number of hydrogen-bond acceptors (Lipinski definition) is 6. The van der Waals surface area contributed by atoms with E-state index in [1.54, 1.807) is 6.92 Å².